The maximum Gasteiger partial charge on any atom is 0.463 e. The molecule has 4 nitrogen and oxygen atoms in total. The molecule has 1 aromatic carbocycles. The van der Waals surface area contributed by atoms with Crippen molar-refractivity contribution in [2.45, 2.75) is 44.5 Å². The zero-order chi connectivity index (χ0) is 20.8. The first kappa shape index (κ1) is 22.9. The van der Waals surface area contributed by atoms with Gasteiger partial charge < -0.3 is 14.7 Å². The molecule has 152 valence electrons. The molecule has 1 aromatic rings. The monoisotopic (exact) mass is 395 g/mol. The summed E-state index contributed by atoms with van der Waals surface area (Å²) in [5.74, 6) is -7.52. The summed E-state index contributed by atoms with van der Waals surface area (Å²) in [6.45, 7) is 5.03. The van der Waals surface area contributed by atoms with E-state index in [2.05, 4.69) is 6.58 Å². The molecule has 0 saturated carbocycles. The highest BCUT2D eigenvalue weighted by atomic mass is 19.4. The largest absolute Gasteiger partial charge is 0.491 e. The number of amides is 1. The van der Waals surface area contributed by atoms with Crippen LogP contribution in [0.25, 0.3) is 0 Å². The summed E-state index contributed by atoms with van der Waals surface area (Å²) in [5, 5.41) is 10.0. The summed E-state index contributed by atoms with van der Waals surface area (Å²) in [5.41, 5.74) is 0.764. The molecular formula is C18H22F5NO3. The van der Waals surface area contributed by atoms with Crippen molar-refractivity contribution in [1.82, 2.24) is 4.90 Å². The first-order valence-corrected chi connectivity index (χ1v) is 8.17. The number of carbonyl (C=O) groups is 1. The van der Waals surface area contributed by atoms with Crippen LogP contribution in [0.2, 0.25) is 0 Å². The first-order chi connectivity index (χ1) is 12.4. The standard InChI is InChI=1S/C18H22F5NO3/c1-4-7-13-8-5-6-9-15(13)27-11-14(25)10-24(12(2)3)16(26)17(19,20)18(21,22)23/h4-6,8-9,12,14,25H,1,7,10-11H2,2-3H3. The molecule has 1 amide bonds. The first-order valence-electron chi connectivity index (χ1n) is 8.17. The lowest BCUT2D eigenvalue weighted by molar-refractivity contribution is -0.275. The summed E-state index contributed by atoms with van der Waals surface area (Å²) in [6, 6.07) is 5.85. The Morgan fingerprint density at radius 2 is 1.85 bits per heavy atom. The third-order valence-corrected chi connectivity index (χ3v) is 3.68. The van der Waals surface area contributed by atoms with Gasteiger partial charge in [0.2, 0.25) is 0 Å². The van der Waals surface area contributed by atoms with E-state index in [9.17, 15) is 31.9 Å². The lowest BCUT2D eigenvalue weighted by Crippen LogP contribution is -2.56. The van der Waals surface area contributed by atoms with Crippen LogP contribution < -0.4 is 4.74 Å². The second kappa shape index (κ2) is 9.16. The summed E-state index contributed by atoms with van der Waals surface area (Å²) in [6.07, 6.45) is -5.35. The van der Waals surface area contributed by atoms with E-state index >= 15 is 0 Å². The predicted octanol–water partition coefficient (Wildman–Crippen LogP) is 3.59. The van der Waals surface area contributed by atoms with Gasteiger partial charge in [-0.3, -0.25) is 4.79 Å². The van der Waals surface area contributed by atoms with E-state index in [-0.39, 0.29) is 11.5 Å². The van der Waals surface area contributed by atoms with E-state index in [1.807, 2.05) is 0 Å². The maximum absolute atomic E-state index is 13.3. The third kappa shape index (κ3) is 5.92. The van der Waals surface area contributed by atoms with Gasteiger partial charge in [-0.25, -0.2) is 0 Å². The number of allylic oxidation sites excluding steroid dienone is 1. The van der Waals surface area contributed by atoms with Crippen molar-refractivity contribution < 1.29 is 36.6 Å². The number of ether oxygens (including phenoxy) is 1. The molecule has 1 rings (SSSR count). The molecule has 0 aliphatic carbocycles. The van der Waals surface area contributed by atoms with Gasteiger partial charge in [-0.05, 0) is 31.9 Å². The van der Waals surface area contributed by atoms with Gasteiger partial charge in [0.25, 0.3) is 0 Å². The Morgan fingerprint density at radius 3 is 2.37 bits per heavy atom. The molecule has 9 heteroatoms. The number of rotatable bonds is 9. The quantitative estimate of drug-likeness (QED) is 0.514. The van der Waals surface area contributed by atoms with Crippen molar-refractivity contribution >= 4 is 5.91 Å². The molecule has 0 heterocycles. The summed E-state index contributed by atoms with van der Waals surface area (Å²) < 4.78 is 69.4. The summed E-state index contributed by atoms with van der Waals surface area (Å²) >= 11 is 0. The number of carbonyl (C=O) groups excluding carboxylic acids is 1. The minimum atomic E-state index is -6.01. The number of nitrogens with zero attached hydrogens (tertiary/aromatic N) is 1. The molecule has 0 saturated heterocycles. The average Bonchev–Trinajstić information content (AvgIpc) is 2.57. The fraction of sp³-hybridized carbons (Fsp3) is 0.500. The number of hydrogen-bond acceptors (Lipinski definition) is 3. The fourth-order valence-electron chi connectivity index (χ4n) is 2.26. The zero-order valence-corrected chi connectivity index (χ0v) is 15.0. The summed E-state index contributed by atoms with van der Waals surface area (Å²) in [7, 11) is 0. The SMILES string of the molecule is C=CCc1ccccc1OCC(O)CN(C(=O)C(F)(F)C(F)(F)F)C(C)C. The van der Waals surface area contributed by atoms with Crippen LogP contribution in [0.15, 0.2) is 36.9 Å². The fourth-order valence-corrected chi connectivity index (χ4v) is 2.26. The molecule has 0 bridgehead atoms. The normalized spacial score (nSPS) is 13.4. The molecule has 0 aliphatic heterocycles. The van der Waals surface area contributed by atoms with Gasteiger partial charge in [-0.2, -0.15) is 22.0 Å². The highest BCUT2D eigenvalue weighted by Gasteiger charge is 2.64. The van der Waals surface area contributed by atoms with Crippen LogP contribution in [0.1, 0.15) is 19.4 Å². The maximum atomic E-state index is 13.3. The highest BCUT2D eigenvalue weighted by Crippen LogP contribution is 2.37. The molecule has 0 radical (unpaired) electrons. The molecular weight excluding hydrogens is 373 g/mol. The van der Waals surface area contributed by atoms with Crippen molar-refractivity contribution in [3.8, 4) is 5.75 Å². The number of alkyl halides is 5. The topological polar surface area (TPSA) is 49.8 Å². The van der Waals surface area contributed by atoms with Crippen LogP contribution in [-0.2, 0) is 11.2 Å². The van der Waals surface area contributed by atoms with Crippen LogP contribution in [0, 0.1) is 0 Å². The molecule has 1 unspecified atom stereocenters. The molecule has 0 aromatic heterocycles. The predicted molar refractivity (Wildman–Crippen MR) is 89.7 cm³/mol. The molecule has 27 heavy (non-hydrogen) atoms. The Labute approximate surface area is 154 Å². The van der Waals surface area contributed by atoms with Gasteiger partial charge >= 0.3 is 18.0 Å². The van der Waals surface area contributed by atoms with Crippen molar-refractivity contribution in [1.29, 1.82) is 0 Å². The number of benzene rings is 1. The van der Waals surface area contributed by atoms with Crippen molar-refractivity contribution in [3.05, 3.63) is 42.5 Å². The zero-order valence-electron chi connectivity index (χ0n) is 15.0. The molecule has 1 N–H and O–H groups in total. The van der Waals surface area contributed by atoms with Crippen LogP contribution in [0.4, 0.5) is 22.0 Å². The average molecular weight is 395 g/mol. The molecule has 1 atom stereocenters. The van der Waals surface area contributed by atoms with Crippen molar-refractivity contribution in [3.63, 3.8) is 0 Å². The number of para-hydroxylation sites is 1. The Morgan fingerprint density at radius 1 is 1.26 bits per heavy atom. The second-order valence-electron chi connectivity index (χ2n) is 6.19. The van der Waals surface area contributed by atoms with E-state index in [1.165, 1.54) is 13.8 Å². The molecule has 0 spiro atoms. The Bertz CT molecular complexity index is 646. The van der Waals surface area contributed by atoms with Gasteiger partial charge in [-0.1, -0.05) is 24.3 Å². The van der Waals surface area contributed by atoms with Gasteiger partial charge in [-0.15, -0.1) is 6.58 Å². The lowest BCUT2D eigenvalue weighted by Gasteiger charge is -2.32. The van der Waals surface area contributed by atoms with Crippen molar-refractivity contribution in [2.75, 3.05) is 13.2 Å². The molecule has 0 aliphatic rings. The van der Waals surface area contributed by atoms with Crippen LogP contribution >= 0.6 is 0 Å². The van der Waals surface area contributed by atoms with E-state index < -0.39 is 36.7 Å². The van der Waals surface area contributed by atoms with Crippen LogP contribution in [0.5, 0.6) is 5.75 Å². The van der Waals surface area contributed by atoms with E-state index in [4.69, 9.17) is 4.74 Å². The number of aliphatic hydroxyl groups excluding tert-OH is 1. The van der Waals surface area contributed by atoms with Gasteiger partial charge in [0.1, 0.15) is 18.5 Å². The number of aliphatic hydroxyl groups is 1. The van der Waals surface area contributed by atoms with Crippen LogP contribution in [-0.4, -0.2) is 53.3 Å². The Balaban J connectivity index is 2.81. The Kier molecular flexibility index (Phi) is 7.77. The third-order valence-electron chi connectivity index (χ3n) is 3.68. The van der Waals surface area contributed by atoms with E-state index in [0.29, 0.717) is 12.2 Å². The smallest absolute Gasteiger partial charge is 0.463 e. The van der Waals surface area contributed by atoms with E-state index in [0.717, 1.165) is 5.56 Å². The Hall–Kier alpha value is -2.16. The van der Waals surface area contributed by atoms with Gasteiger partial charge in [0.15, 0.2) is 0 Å². The van der Waals surface area contributed by atoms with Crippen molar-refractivity contribution in [2.24, 2.45) is 0 Å². The minimum absolute atomic E-state index is 0.289. The summed E-state index contributed by atoms with van der Waals surface area (Å²) in [4.78, 5) is 12.0. The lowest BCUT2D eigenvalue weighted by atomic mass is 10.1. The second-order valence-corrected chi connectivity index (χ2v) is 6.19. The van der Waals surface area contributed by atoms with Gasteiger partial charge in [0, 0.05) is 6.04 Å². The van der Waals surface area contributed by atoms with Crippen LogP contribution in [0.3, 0.4) is 0 Å². The highest BCUT2D eigenvalue weighted by molar-refractivity contribution is 5.84. The minimum Gasteiger partial charge on any atom is -0.491 e. The number of halogens is 5. The molecule has 0 fully saturated rings. The van der Waals surface area contributed by atoms with E-state index in [1.54, 1.807) is 30.3 Å². The number of hydrogen-bond donors (Lipinski definition) is 1. The van der Waals surface area contributed by atoms with Gasteiger partial charge in [0.05, 0.1) is 6.54 Å².